The third-order valence-corrected chi connectivity index (χ3v) is 7.77. The van der Waals surface area contributed by atoms with Gasteiger partial charge in [-0.2, -0.15) is 13.2 Å². The van der Waals surface area contributed by atoms with Gasteiger partial charge in [0, 0.05) is 5.56 Å². The minimum atomic E-state index is -4.49. The van der Waals surface area contributed by atoms with Crippen molar-refractivity contribution in [3.63, 3.8) is 0 Å². The van der Waals surface area contributed by atoms with Crippen LogP contribution in [0, 0.1) is 0 Å². The van der Waals surface area contributed by atoms with E-state index >= 15 is 0 Å². The summed E-state index contributed by atoms with van der Waals surface area (Å²) < 4.78 is 57.7. The first-order chi connectivity index (χ1) is 20.6. The number of halogens is 3. The monoisotopic (exact) mass is 608 g/mol. The molecule has 1 aliphatic rings. The third kappa shape index (κ3) is 6.26. The van der Waals surface area contributed by atoms with E-state index in [1.54, 1.807) is 38.1 Å². The molecule has 222 valence electrons. The summed E-state index contributed by atoms with van der Waals surface area (Å²) in [5.41, 5.74) is 1.59. The second-order valence-corrected chi connectivity index (χ2v) is 10.6. The van der Waals surface area contributed by atoms with Crippen molar-refractivity contribution < 1.29 is 32.2 Å². The van der Waals surface area contributed by atoms with Gasteiger partial charge in [-0.25, -0.2) is 9.79 Å². The Morgan fingerprint density at radius 3 is 2.53 bits per heavy atom. The molecule has 0 unspecified atom stereocenters. The highest BCUT2D eigenvalue weighted by Crippen LogP contribution is 2.32. The Morgan fingerprint density at radius 1 is 1.07 bits per heavy atom. The number of rotatable bonds is 8. The summed E-state index contributed by atoms with van der Waals surface area (Å²) in [6.45, 7) is 3.55. The first-order valence-corrected chi connectivity index (χ1v) is 14.1. The number of benzene rings is 3. The number of fused-ring (bicyclic) bond motifs is 1. The zero-order valence-corrected chi connectivity index (χ0v) is 24.3. The number of ether oxygens (including phenoxy) is 3. The molecule has 43 heavy (non-hydrogen) atoms. The molecule has 1 atom stereocenters. The summed E-state index contributed by atoms with van der Waals surface area (Å²) in [7, 11) is 1.48. The molecule has 0 spiro atoms. The molecule has 0 saturated carbocycles. The predicted molar refractivity (Wildman–Crippen MR) is 156 cm³/mol. The van der Waals surface area contributed by atoms with Crippen molar-refractivity contribution in [3.8, 4) is 11.5 Å². The van der Waals surface area contributed by atoms with Crippen LogP contribution in [-0.2, 0) is 22.3 Å². The van der Waals surface area contributed by atoms with E-state index in [2.05, 4.69) is 4.99 Å². The summed E-state index contributed by atoms with van der Waals surface area (Å²) in [5, 5.41) is 0. The largest absolute Gasteiger partial charge is 0.496 e. The van der Waals surface area contributed by atoms with Gasteiger partial charge in [0.25, 0.3) is 5.56 Å². The summed E-state index contributed by atoms with van der Waals surface area (Å²) in [6.07, 6.45) is -2.79. The average molecular weight is 609 g/mol. The molecule has 0 radical (unpaired) electrons. The van der Waals surface area contributed by atoms with E-state index in [4.69, 9.17) is 14.2 Å². The number of allylic oxidation sites excluding steroid dienone is 1. The zero-order valence-electron chi connectivity index (χ0n) is 23.5. The smallest absolute Gasteiger partial charge is 0.416 e. The summed E-state index contributed by atoms with van der Waals surface area (Å²) in [4.78, 5) is 31.9. The standard InChI is InChI=1S/C32H27F3N2O5S/c1-4-41-30(39)27-19(2)36-31-37(28(27)21-9-6-5-7-10-21)29(38)26(43-31)16-20-13-14-25(40-3)22(15-20)18-42-24-12-8-11-23(17-24)32(33,34)35/h5-17,28H,4,18H2,1-3H3/b26-16-/t28-/m0/s1. The maximum absolute atomic E-state index is 13.8. The van der Waals surface area contributed by atoms with Gasteiger partial charge in [-0.05, 0) is 61.4 Å². The highest BCUT2D eigenvalue weighted by molar-refractivity contribution is 7.07. The van der Waals surface area contributed by atoms with Crippen LogP contribution in [0.15, 0.2) is 93.9 Å². The van der Waals surface area contributed by atoms with Gasteiger partial charge < -0.3 is 14.2 Å². The van der Waals surface area contributed by atoms with Gasteiger partial charge in [-0.15, -0.1) is 0 Å². The molecule has 1 aliphatic heterocycles. The van der Waals surface area contributed by atoms with Crippen LogP contribution < -0.4 is 24.4 Å². The van der Waals surface area contributed by atoms with Crippen molar-refractivity contribution in [3.05, 3.63) is 126 Å². The number of methoxy groups -OCH3 is 1. The Hall–Kier alpha value is -4.64. The Kier molecular flexibility index (Phi) is 8.54. The van der Waals surface area contributed by atoms with Crippen LogP contribution >= 0.6 is 11.3 Å². The maximum Gasteiger partial charge on any atom is 0.416 e. The number of esters is 1. The lowest BCUT2D eigenvalue weighted by Crippen LogP contribution is -2.39. The minimum Gasteiger partial charge on any atom is -0.496 e. The lowest BCUT2D eigenvalue weighted by atomic mass is 9.96. The number of carbonyl (C=O) groups excluding carboxylic acids is 1. The van der Waals surface area contributed by atoms with Gasteiger partial charge in [-0.1, -0.05) is 53.8 Å². The summed E-state index contributed by atoms with van der Waals surface area (Å²) in [6, 6.07) is 18.3. The fourth-order valence-corrected chi connectivity index (χ4v) is 5.86. The summed E-state index contributed by atoms with van der Waals surface area (Å²) >= 11 is 1.19. The lowest BCUT2D eigenvalue weighted by molar-refractivity contribution is -0.139. The van der Waals surface area contributed by atoms with Crippen molar-refractivity contribution in [2.75, 3.05) is 13.7 Å². The highest BCUT2D eigenvalue weighted by atomic mass is 32.1. The fourth-order valence-electron chi connectivity index (χ4n) is 4.82. The Bertz CT molecular complexity index is 1880. The van der Waals surface area contributed by atoms with Crippen molar-refractivity contribution in [2.24, 2.45) is 4.99 Å². The maximum atomic E-state index is 13.8. The first-order valence-electron chi connectivity index (χ1n) is 13.3. The van der Waals surface area contributed by atoms with E-state index < -0.39 is 23.8 Å². The number of nitrogens with zero attached hydrogens (tertiary/aromatic N) is 2. The van der Waals surface area contributed by atoms with Crippen LogP contribution in [0.25, 0.3) is 6.08 Å². The highest BCUT2D eigenvalue weighted by Gasteiger charge is 2.33. The van der Waals surface area contributed by atoms with E-state index in [9.17, 15) is 22.8 Å². The van der Waals surface area contributed by atoms with Crippen LogP contribution in [-0.4, -0.2) is 24.3 Å². The number of thiazole rings is 1. The van der Waals surface area contributed by atoms with E-state index in [1.807, 2.05) is 30.3 Å². The molecular weight excluding hydrogens is 581 g/mol. The normalized spacial score (nSPS) is 15.1. The van der Waals surface area contributed by atoms with Crippen molar-refractivity contribution in [2.45, 2.75) is 32.7 Å². The van der Waals surface area contributed by atoms with Crippen molar-refractivity contribution in [1.29, 1.82) is 0 Å². The van der Waals surface area contributed by atoms with Crippen LogP contribution in [0.5, 0.6) is 11.5 Å². The zero-order chi connectivity index (χ0) is 30.7. The van der Waals surface area contributed by atoms with Gasteiger partial charge >= 0.3 is 12.1 Å². The van der Waals surface area contributed by atoms with E-state index in [-0.39, 0.29) is 24.5 Å². The first kappa shape index (κ1) is 29.8. The van der Waals surface area contributed by atoms with Gasteiger partial charge in [0.2, 0.25) is 0 Å². The minimum absolute atomic E-state index is 0.0595. The molecule has 5 rings (SSSR count). The summed E-state index contributed by atoms with van der Waals surface area (Å²) in [5.74, 6) is 0.00101. The van der Waals surface area contributed by atoms with E-state index in [0.29, 0.717) is 37.5 Å². The lowest BCUT2D eigenvalue weighted by Gasteiger charge is -2.24. The molecule has 1 aromatic heterocycles. The molecule has 11 heteroatoms. The predicted octanol–water partition coefficient (Wildman–Crippen LogP) is 5.40. The number of aromatic nitrogens is 1. The molecule has 0 saturated heterocycles. The van der Waals surface area contributed by atoms with E-state index in [0.717, 1.165) is 17.7 Å². The van der Waals surface area contributed by atoms with Gasteiger partial charge in [-0.3, -0.25) is 9.36 Å². The third-order valence-electron chi connectivity index (χ3n) is 6.79. The average Bonchev–Trinajstić information content (AvgIpc) is 3.29. The molecular formula is C32H27F3N2O5S. The Labute approximate surface area is 248 Å². The fraction of sp³-hybridized carbons (Fsp3) is 0.219. The molecule has 0 amide bonds. The molecule has 7 nitrogen and oxygen atoms in total. The van der Waals surface area contributed by atoms with E-state index in [1.165, 1.54) is 35.1 Å². The van der Waals surface area contributed by atoms with Crippen LogP contribution in [0.1, 0.15) is 42.1 Å². The Balaban J connectivity index is 1.53. The van der Waals surface area contributed by atoms with Gasteiger partial charge in [0.05, 0.1) is 41.1 Å². The van der Waals surface area contributed by atoms with Crippen LogP contribution in [0.2, 0.25) is 0 Å². The second-order valence-electron chi connectivity index (χ2n) is 9.60. The van der Waals surface area contributed by atoms with Crippen molar-refractivity contribution >= 4 is 23.4 Å². The number of hydrogen-bond donors (Lipinski definition) is 0. The van der Waals surface area contributed by atoms with Gasteiger partial charge in [0.1, 0.15) is 18.1 Å². The SMILES string of the molecule is CCOC(=O)C1=C(C)N=c2s/c(=C\c3ccc(OC)c(COc4cccc(C(F)(F)F)c4)c3)c(=O)n2[C@H]1c1ccccc1. The molecule has 3 aromatic carbocycles. The molecule has 0 aliphatic carbocycles. The molecule has 4 aromatic rings. The topological polar surface area (TPSA) is 79.1 Å². The number of hydrogen-bond acceptors (Lipinski definition) is 7. The van der Waals surface area contributed by atoms with Crippen molar-refractivity contribution in [1.82, 2.24) is 4.57 Å². The molecule has 0 fully saturated rings. The number of alkyl halides is 3. The molecule has 0 N–H and O–H groups in total. The Morgan fingerprint density at radius 2 is 1.84 bits per heavy atom. The van der Waals surface area contributed by atoms with Crippen LogP contribution in [0.3, 0.4) is 0 Å². The van der Waals surface area contributed by atoms with Crippen LogP contribution in [0.4, 0.5) is 13.2 Å². The molecule has 2 heterocycles. The van der Waals surface area contributed by atoms with Gasteiger partial charge in [0.15, 0.2) is 4.80 Å². The second kappa shape index (κ2) is 12.3. The molecule has 0 bridgehead atoms. The quantitative estimate of drug-likeness (QED) is 0.250. The number of carbonyl (C=O) groups is 1.